The molecular weight excluding hydrogens is 332 g/mol. The molecule has 4 N–H and O–H groups in total. The minimum atomic E-state index is -0.651. The van der Waals surface area contributed by atoms with Gasteiger partial charge in [-0.1, -0.05) is 6.92 Å². The van der Waals surface area contributed by atoms with Crippen molar-refractivity contribution in [2.24, 2.45) is 0 Å². The Kier molecular flexibility index (Phi) is 5.78. The smallest absolute Gasteiger partial charge is 0.338 e. The lowest BCUT2D eigenvalue weighted by atomic mass is 10.2. The second kappa shape index (κ2) is 8.00. The van der Waals surface area contributed by atoms with Gasteiger partial charge in [0.05, 0.1) is 12.2 Å². The molecule has 8 nitrogen and oxygen atoms in total. The van der Waals surface area contributed by atoms with Gasteiger partial charge in [-0.2, -0.15) is 0 Å². The van der Waals surface area contributed by atoms with Gasteiger partial charge in [0, 0.05) is 6.07 Å². The van der Waals surface area contributed by atoms with Gasteiger partial charge in [0.15, 0.2) is 28.7 Å². The third kappa shape index (κ3) is 4.60. The fraction of sp³-hybridized carbons (Fsp3) is 0.235. The molecule has 0 amide bonds. The quantitative estimate of drug-likeness (QED) is 0.491. The number of benzene rings is 2. The summed E-state index contributed by atoms with van der Waals surface area (Å²) in [5.41, 5.74) is -0.00347. The van der Waals surface area contributed by atoms with Crippen LogP contribution in [-0.2, 0) is 4.74 Å². The van der Waals surface area contributed by atoms with Gasteiger partial charge in [-0.25, -0.2) is 4.79 Å². The number of carbonyl (C=O) groups is 1. The number of aromatic hydroxyl groups is 4. The molecule has 0 atom stereocenters. The van der Waals surface area contributed by atoms with Crippen LogP contribution >= 0.6 is 0 Å². The maximum absolute atomic E-state index is 11.3. The molecule has 0 saturated carbocycles. The van der Waals surface area contributed by atoms with Gasteiger partial charge < -0.3 is 34.6 Å². The summed E-state index contributed by atoms with van der Waals surface area (Å²) in [4.78, 5) is 11.3. The van der Waals surface area contributed by atoms with Gasteiger partial charge in [-0.3, -0.25) is 0 Å². The third-order valence-electron chi connectivity index (χ3n) is 3.10. The predicted octanol–water partition coefficient (Wildman–Crippen LogP) is 2.49. The summed E-state index contributed by atoms with van der Waals surface area (Å²) in [6, 6.07) is 6.84. The normalized spacial score (nSPS) is 11.4. The second-order valence-corrected chi connectivity index (χ2v) is 5.04. The van der Waals surface area contributed by atoms with Crippen molar-refractivity contribution in [1.82, 2.24) is 0 Å². The Hall–Kier alpha value is -3.29. The summed E-state index contributed by atoms with van der Waals surface area (Å²) in [7, 11) is 0. The summed E-state index contributed by atoms with van der Waals surface area (Å²) in [6.07, 6.45) is 0.682. The topological polar surface area (TPSA) is 126 Å². The Morgan fingerprint density at radius 1 is 1.04 bits per heavy atom. The van der Waals surface area contributed by atoms with Crippen LogP contribution in [-0.4, -0.2) is 39.8 Å². The molecule has 2 aromatic carbocycles. The Balaban J connectivity index is 0.000000194. The summed E-state index contributed by atoms with van der Waals surface area (Å²) in [5.74, 6) is -0.913. The maximum atomic E-state index is 11.3. The summed E-state index contributed by atoms with van der Waals surface area (Å²) in [5, 5.41) is 36.3. The standard InChI is InChI=1S/C10H12O5.C7H6O3/c1-2-3-15-10(14)6-4-7(11)9(13)8(12)5-6;8-5-1-2-6-7(3-5)10-4-9-6/h4-5,11-13H,2-3H2,1H3;1-3,8H,4H2. The van der Waals surface area contributed by atoms with Crippen LogP contribution < -0.4 is 9.47 Å². The van der Waals surface area contributed by atoms with Gasteiger partial charge in [0.25, 0.3) is 0 Å². The highest BCUT2D eigenvalue weighted by molar-refractivity contribution is 5.91. The van der Waals surface area contributed by atoms with Gasteiger partial charge >= 0.3 is 5.97 Å². The first-order valence-electron chi connectivity index (χ1n) is 7.43. The molecule has 1 heterocycles. The number of fused-ring (bicyclic) bond motifs is 1. The Morgan fingerprint density at radius 3 is 2.32 bits per heavy atom. The van der Waals surface area contributed by atoms with E-state index in [-0.39, 0.29) is 24.7 Å². The first-order valence-corrected chi connectivity index (χ1v) is 7.43. The van der Waals surface area contributed by atoms with Crippen molar-refractivity contribution < 1.29 is 39.4 Å². The van der Waals surface area contributed by atoms with Crippen LogP contribution in [0.2, 0.25) is 0 Å². The van der Waals surface area contributed by atoms with Crippen molar-refractivity contribution >= 4 is 5.97 Å². The van der Waals surface area contributed by atoms with Crippen molar-refractivity contribution in [3.05, 3.63) is 35.9 Å². The Labute approximate surface area is 143 Å². The number of phenolic OH excluding ortho intramolecular Hbond substituents is 4. The average molecular weight is 350 g/mol. The van der Waals surface area contributed by atoms with Crippen molar-refractivity contribution in [1.29, 1.82) is 0 Å². The number of esters is 1. The molecule has 0 radical (unpaired) electrons. The van der Waals surface area contributed by atoms with Crippen LogP contribution in [0.3, 0.4) is 0 Å². The molecule has 0 aromatic heterocycles. The number of ether oxygens (including phenoxy) is 3. The summed E-state index contributed by atoms with van der Waals surface area (Å²) >= 11 is 0. The van der Waals surface area contributed by atoms with Crippen molar-refractivity contribution in [2.75, 3.05) is 13.4 Å². The van der Waals surface area contributed by atoms with Crippen LogP contribution in [0.15, 0.2) is 30.3 Å². The molecule has 25 heavy (non-hydrogen) atoms. The van der Waals surface area contributed by atoms with E-state index in [2.05, 4.69) is 0 Å². The first kappa shape index (κ1) is 18.1. The molecule has 0 aliphatic carbocycles. The SMILES string of the molecule is CCCOC(=O)c1cc(O)c(O)c(O)c1.Oc1ccc2c(c1)OCO2. The molecule has 1 aliphatic heterocycles. The first-order chi connectivity index (χ1) is 11.9. The van der Waals surface area contributed by atoms with E-state index in [0.717, 1.165) is 12.1 Å². The zero-order chi connectivity index (χ0) is 18.4. The minimum Gasteiger partial charge on any atom is -0.508 e. The zero-order valence-corrected chi connectivity index (χ0v) is 13.4. The molecule has 8 heteroatoms. The molecule has 0 spiro atoms. The van der Waals surface area contributed by atoms with Crippen LogP contribution in [0.25, 0.3) is 0 Å². The van der Waals surface area contributed by atoms with Crippen LogP contribution in [0.1, 0.15) is 23.7 Å². The molecule has 0 saturated heterocycles. The van der Waals surface area contributed by atoms with E-state index < -0.39 is 23.2 Å². The highest BCUT2D eigenvalue weighted by atomic mass is 16.7. The average Bonchev–Trinajstić information content (AvgIpc) is 3.05. The summed E-state index contributed by atoms with van der Waals surface area (Å²) < 4.78 is 14.8. The van der Waals surface area contributed by atoms with E-state index >= 15 is 0 Å². The largest absolute Gasteiger partial charge is 0.508 e. The van der Waals surface area contributed by atoms with Gasteiger partial charge in [0.2, 0.25) is 6.79 Å². The molecule has 2 aromatic rings. The third-order valence-corrected chi connectivity index (χ3v) is 3.10. The van der Waals surface area contributed by atoms with Gasteiger partial charge in [0.1, 0.15) is 5.75 Å². The van der Waals surface area contributed by atoms with E-state index in [1.54, 1.807) is 12.1 Å². The number of carbonyl (C=O) groups excluding carboxylic acids is 1. The van der Waals surface area contributed by atoms with Gasteiger partial charge in [-0.05, 0) is 30.7 Å². The molecule has 1 aliphatic rings. The van der Waals surface area contributed by atoms with E-state index in [4.69, 9.17) is 34.6 Å². The number of hydrogen-bond acceptors (Lipinski definition) is 8. The van der Waals surface area contributed by atoms with Crippen molar-refractivity contribution in [2.45, 2.75) is 13.3 Å². The van der Waals surface area contributed by atoms with E-state index in [0.29, 0.717) is 17.9 Å². The highest BCUT2D eigenvalue weighted by Gasteiger charge is 2.14. The van der Waals surface area contributed by atoms with E-state index in [9.17, 15) is 4.79 Å². The monoisotopic (exact) mass is 350 g/mol. The fourth-order valence-corrected chi connectivity index (χ4v) is 1.89. The molecule has 0 unspecified atom stereocenters. The van der Waals surface area contributed by atoms with Crippen LogP contribution in [0.5, 0.6) is 34.5 Å². The van der Waals surface area contributed by atoms with Crippen LogP contribution in [0.4, 0.5) is 0 Å². The molecule has 3 rings (SSSR count). The van der Waals surface area contributed by atoms with Crippen molar-refractivity contribution in [3.63, 3.8) is 0 Å². The lowest BCUT2D eigenvalue weighted by Crippen LogP contribution is -2.05. The highest BCUT2D eigenvalue weighted by Crippen LogP contribution is 2.35. The van der Waals surface area contributed by atoms with Crippen molar-refractivity contribution in [3.8, 4) is 34.5 Å². The molecular formula is C17H18O8. The predicted molar refractivity (Wildman–Crippen MR) is 86.2 cm³/mol. The second-order valence-electron chi connectivity index (χ2n) is 5.04. The molecule has 134 valence electrons. The molecule has 0 bridgehead atoms. The maximum Gasteiger partial charge on any atom is 0.338 e. The number of hydrogen-bond donors (Lipinski definition) is 4. The van der Waals surface area contributed by atoms with E-state index in [1.807, 2.05) is 6.92 Å². The van der Waals surface area contributed by atoms with Gasteiger partial charge in [-0.15, -0.1) is 0 Å². The lowest BCUT2D eigenvalue weighted by Gasteiger charge is -2.05. The van der Waals surface area contributed by atoms with E-state index in [1.165, 1.54) is 6.07 Å². The zero-order valence-electron chi connectivity index (χ0n) is 13.4. The Bertz CT molecular complexity index is 733. The number of phenols is 4. The Morgan fingerprint density at radius 2 is 1.68 bits per heavy atom. The summed E-state index contributed by atoms with van der Waals surface area (Å²) in [6.45, 7) is 2.36. The number of rotatable bonds is 3. The fourth-order valence-electron chi connectivity index (χ4n) is 1.89. The van der Waals surface area contributed by atoms with Crippen LogP contribution in [0, 0.1) is 0 Å². The minimum absolute atomic E-state index is 0.00347. The lowest BCUT2D eigenvalue weighted by molar-refractivity contribution is 0.0504. The molecule has 0 fully saturated rings.